The van der Waals surface area contributed by atoms with Crippen molar-refractivity contribution in [2.75, 3.05) is 11.6 Å². The van der Waals surface area contributed by atoms with Gasteiger partial charge in [-0.1, -0.05) is 6.07 Å². The zero-order chi connectivity index (χ0) is 8.55. The SMILES string of the molecule is O=NN1CCc2ccc(O)cc21. The third kappa shape index (κ3) is 0.922. The normalized spacial score (nSPS) is 14.5. The smallest absolute Gasteiger partial charge is 0.117 e. The van der Waals surface area contributed by atoms with Gasteiger partial charge in [-0.15, -0.1) is 4.91 Å². The second-order valence-electron chi connectivity index (χ2n) is 2.77. The Labute approximate surface area is 69.4 Å². The minimum Gasteiger partial charge on any atom is -0.508 e. The van der Waals surface area contributed by atoms with Crippen molar-refractivity contribution in [3.05, 3.63) is 28.7 Å². The molecule has 1 N–H and O–H groups in total. The Balaban J connectivity index is 2.49. The molecule has 0 aliphatic carbocycles. The number of anilines is 1. The Morgan fingerprint density at radius 3 is 3.08 bits per heavy atom. The number of phenols is 1. The van der Waals surface area contributed by atoms with E-state index in [-0.39, 0.29) is 5.75 Å². The van der Waals surface area contributed by atoms with Gasteiger partial charge in [0.1, 0.15) is 5.75 Å². The van der Waals surface area contributed by atoms with Crippen molar-refractivity contribution in [1.29, 1.82) is 0 Å². The molecule has 1 heterocycles. The van der Waals surface area contributed by atoms with E-state index < -0.39 is 0 Å². The van der Waals surface area contributed by atoms with Gasteiger partial charge in [-0.25, -0.2) is 5.01 Å². The van der Waals surface area contributed by atoms with Crippen molar-refractivity contribution in [3.63, 3.8) is 0 Å². The first kappa shape index (κ1) is 7.09. The average molecular weight is 164 g/mol. The number of hydrogen-bond acceptors (Lipinski definition) is 3. The molecule has 0 bridgehead atoms. The molecule has 1 aliphatic heterocycles. The molecule has 0 unspecified atom stereocenters. The van der Waals surface area contributed by atoms with E-state index in [1.807, 2.05) is 6.07 Å². The topological polar surface area (TPSA) is 52.9 Å². The molecule has 12 heavy (non-hydrogen) atoms. The summed E-state index contributed by atoms with van der Waals surface area (Å²) in [5.41, 5.74) is 1.79. The Morgan fingerprint density at radius 2 is 2.33 bits per heavy atom. The Hall–Kier alpha value is -1.58. The van der Waals surface area contributed by atoms with Crippen LogP contribution in [0.25, 0.3) is 0 Å². The minimum absolute atomic E-state index is 0.171. The second-order valence-corrected chi connectivity index (χ2v) is 2.77. The van der Waals surface area contributed by atoms with Gasteiger partial charge in [0, 0.05) is 12.6 Å². The summed E-state index contributed by atoms with van der Waals surface area (Å²) in [5.74, 6) is 0.171. The molecule has 4 nitrogen and oxygen atoms in total. The summed E-state index contributed by atoms with van der Waals surface area (Å²) in [6.07, 6.45) is 0.821. The fourth-order valence-corrected chi connectivity index (χ4v) is 1.44. The van der Waals surface area contributed by atoms with Gasteiger partial charge in [-0.05, 0) is 18.1 Å². The standard InChI is InChI=1S/C8H8N2O2/c11-7-2-1-6-3-4-10(9-12)8(6)5-7/h1-2,5,11H,3-4H2. The van der Waals surface area contributed by atoms with Gasteiger partial charge in [0.15, 0.2) is 0 Å². The predicted molar refractivity (Wildman–Crippen MR) is 45.0 cm³/mol. The lowest BCUT2D eigenvalue weighted by atomic mass is 10.2. The molecule has 0 atom stereocenters. The minimum atomic E-state index is 0.171. The van der Waals surface area contributed by atoms with Crippen LogP contribution in [0.2, 0.25) is 0 Å². The summed E-state index contributed by atoms with van der Waals surface area (Å²) in [6.45, 7) is 0.613. The zero-order valence-corrected chi connectivity index (χ0v) is 6.40. The summed E-state index contributed by atoms with van der Waals surface area (Å²) in [6, 6.07) is 4.99. The molecule has 1 aromatic carbocycles. The van der Waals surface area contributed by atoms with Gasteiger partial charge in [-0.2, -0.15) is 0 Å². The van der Waals surface area contributed by atoms with Gasteiger partial charge in [-0.3, -0.25) is 0 Å². The van der Waals surface area contributed by atoms with Gasteiger partial charge in [0.25, 0.3) is 0 Å². The summed E-state index contributed by atoms with van der Waals surface area (Å²) in [5, 5.41) is 13.3. The molecule has 0 radical (unpaired) electrons. The molecule has 0 spiro atoms. The van der Waals surface area contributed by atoms with E-state index in [1.54, 1.807) is 12.1 Å². The van der Waals surface area contributed by atoms with E-state index in [0.29, 0.717) is 6.54 Å². The van der Waals surface area contributed by atoms with E-state index in [2.05, 4.69) is 5.29 Å². The first-order valence-corrected chi connectivity index (χ1v) is 3.74. The van der Waals surface area contributed by atoms with Crippen molar-refractivity contribution >= 4 is 5.69 Å². The lowest BCUT2D eigenvalue weighted by Crippen LogP contribution is -2.10. The highest BCUT2D eigenvalue weighted by molar-refractivity contribution is 5.59. The van der Waals surface area contributed by atoms with Gasteiger partial charge in [0.2, 0.25) is 0 Å². The monoisotopic (exact) mass is 164 g/mol. The quantitative estimate of drug-likeness (QED) is 0.639. The van der Waals surface area contributed by atoms with Crippen LogP contribution in [-0.4, -0.2) is 11.7 Å². The van der Waals surface area contributed by atoms with Crippen LogP contribution in [0.15, 0.2) is 23.5 Å². The van der Waals surface area contributed by atoms with Crippen molar-refractivity contribution in [1.82, 2.24) is 0 Å². The number of nitrogens with zero attached hydrogens (tertiary/aromatic N) is 2. The number of benzene rings is 1. The first-order chi connectivity index (χ1) is 5.81. The molecule has 0 aromatic heterocycles. The fraction of sp³-hybridized carbons (Fsp3) is 0.250. The maximum absolute atomic E-state index is 10.3. The fourth-order valence-electron chi connectivity index (χ4n) is 1.44. The van der Waals surface area contributed by atoms with E-state index in [1.165, 1.54) is 5.01 Å². The third-order valence-electron chi connectivity index (χ3n) is 2.04. The number of rotatable bonds is 1. The van der Waals surface area contributed by atoms with Crippen molar-refractivity contribution in [3.8, 4) is 5.75 Å². The van der Waals surface area contributed by atoms with Gasteiger partial charge in [0.05, 0.1) is 11.0 Å². The van der Waals surface area contributed by atoms with E-state index in [0.717, 1.165) is 17.7 Å². The van der Waals surface area contributed by atoms with Crippen LogP contribution in [0.4, 0.5) is 5.69 Å². The van der Waals surface area contributed by atoms with E-state index in [4.69, 9.17) is 5.11 Å². The Kier molecular flexibility index (Phi) is 1.46. The van der Waals surface area contributed by atoms with Crippen molar-refractivity contribution in [2.24, 2.45) is 5.29 Å². The van der Waals surface area contributed by atoms with E-state index in [9.17, 15) is 4.91 Å². The molecule has 4 heteroatoms. The number of aromatic hydroxyl groups is 1. The van der Waals surface area contributed by atoms with Crippen LogP contribution >= 0.6 is 0 Å². The molecule has 1 aliphatic rings. The van der Waals surface area contributed by atoms with Gasteiger partial charge >= 0.3 is 0 Å². The average Bonchev–Trinajstić information content (AvgIpc) is 2.46. The molecule has 1 aromatic rings. The predicted octanol–water partition coefficient (Wildman–Crippen LogP) is 1.44. The Bertz CT molecular complexity index is 325. The number of fused-ring (bicyclic) bond motifs is 1. The molecule has 0 fully saturated rings. The van der Waals surface area contributed by atoms with Crippen LogP contribution in [0.5, 0.6) is 5.75 Å². The summed E-state index contributed by atoms with van der Waals surface area (Å²) >= 11 is 0. The number of phenolic OH excluding ortho intramolecular Hbond substituents is 1. The summed E-state index contributed by atoms with van der Waals surface area (Å²) < 4.78 is 0. The molecular weight excluding hydrogens is 156 g/mol. The molecular formula is C8H8N2O2. The third-order valence-corrected chi connectivity index (χ3v) is 2.04. The first-order valence-electron chi connectivity index (χ1n) is 3.74. The van der Waals surface area contributed by atoms with Crippen LogP contribution in [-0.2, 0) is 6.42 Å². The molecule has 0 saturated carbocycles. The van der Waals surface area contributed by atoms with Crippen LogP contribution < -0.4 is 5.01 Å². The Morgan fingerprint density at radius 1 is 1.50 bits per heavy atom. The highest BCUT2D eigenvalue weighted by Gasteiger charge is 2.19. The zero-order valence-electron chi connectivity index (χ0n) is 6.40. The second kappa shape index (κ2) is 2.48. The molecule has 0 saturated heterocycles. The lowest BCUT2D eigenvalue weighted by Gasteiger charge is -2.06. The molecule has 0 amide bonds. The highest BCUT2D eigenvalue weighted by atomic mass is 16.3. The number of hydrogen-bond donors (Lipinski definition) is 1. The van der Waals surface area contributed by atoms with Crippen molar-refractivity contribution < 1.29 is 5.11 Å². The van der Waals surface area contributed by atoms with Crippen LogP contribution in [0.1, 0.15) is 5.56 Å². The van der Waals surface area contributed by atoms with E-state index >= 15 is 0 Å². The highest BCUT2D eigenvalue weighted by Crippen LogP contribution is 2.30. The maximum Gasteiger partial charge on any atom is 0.117 e. The van der Waals surface area contributed by atoms with Gasteiger partial charge < -0.3 is 5.11 Å². The summed E-state index contributed by atoms with van der Waals surface area (Å²) in [4.78, 5) is 10.3. The van der Waals surface area contributed by atoms with Crippen LogP contribution in [0.3, 0.4) is 0 Å². The van der Waals surface area contributed by atoms with Crippen LogP contribution in [0, 0.1) is 4.91 Å². The number of nitroso groups, excluding NO2 is 1. The lowest BCUT2D eigenvalue weighted by molar-refractivity contribution is 0.475. The largest absolute Gasteiger partial charge is 0.508 e. The van der Waals surface area contributed by atoms with Crippen molar-refractivity contribution in [2.45, 2.75) is 6.42 Å². The molecule has 2 rings (SSSR count). The molecule has 62 valence electrons. The summed E-state index contributed by atoms with van der Waals surface area (Å²) in [7, 11) is 0. The maximum atomic E-state index is 10.3.